The van der Waals surface area contributed by atoms with E-state index in [0.717, 1.165) is 11.3 Å². The molecule has 1 aromatic heterocycles. The highest BCUT2D eigenvalue weighted by Crippen LogP contribution is 2.43. The molecule has 3 aromatic carbocycles. The van der Waals surface area contributed by atoms with Gasteiger partial charge in [-0.05, 0) is 60.5 Å². The fourth-order valence-corrected chi connectivity index (χ4v) is 4.63. The molecule has 35 heavy (non-hydrogen) atoms. The number of rotatable bonds is 5. The van der Waals surface area contributed by atoms with Gasteiger partial charge in [0.15, 0.2) is 11.5 Å². The van der Waals surface area contributed by atoms with Gasteiger partial charge in [-0.3, -0.25) is 14.5 Å². The standard InChI is InChI=1S/C28H23ClN2O4/c1-16-6-4-5-7-21(16)31-25(17-8-11-20(12-9-17)30(2)3)24(27(33)28(31)34)26(32)23-15-18-14-19(29)10-13-22(18)35-23/h4-15,25,33H,1-3H3. The number of hydrogen-bond acceptors (Lipinski definition) is 5. The maximum atomic E-state index is 13.7. The minimum atomic E-state index is -0.830. The number of hydrogen-bond donors (Lipinski definition) is 1. The summed E-state index contributed by atoms with van der Waals surface area (Å²) in [4.78, 5) is 30.6. The van der Waals surface area contributed by atoms with Crippen LogP contribution in [0.25, 0.3) is 11.0 Å². The average molecular weight is 487 g/mol. The summed E-state index contributed by atoms with van der Waals surface area (Å²) in [5.41, 5.74) is 3.58. The molecular formula is C28H23ClN2O4. The van der Waals surface area contributed by atoms with Crippen molar-refractivity contribution in [2.24, 2.45) is 0 Å². The first-order chi connectivity index (χ1) is 16.8. The second-order valence-corrected chi connectivity index (χ2v) is 9.17. The molecule has 4 aromatic rings. The van der Waals surface area contributed by atoms with Gasteiger partial charge in [-0.1, -0.05) is 41.9 Å². The number of carbonyl (C=O) groups is 2. The third-order valence-corrected chi connectivity index (χ3v) is 6.49. The predicted octanol–water partition coefficient (Wildman–Crippen LogP) is 6.24. The largest absolute Gasteiger partial charge is 0.503 e. The number of anilines is 2. The first kappa shape index (κ1) is 22.7. The molecule has 1 aliphatic rings. The zero-order valence-corrected chi connectivity index (χ0v) is 20.2. The summed E-state index contributed by atoms with van der Waals surface area (Å²) in [6.07, 6.45) is 0. The number of aryl methyl sites for hydroxylation is 1. The first-order valence-corrected chi connectivity index (χ1v) is 11.5. The number of aliphatic hydroxyl groups excluding tert-OH is 1. The zero-order chi connectivity index (χ0) is 24.9. The number of furan rings is 1. The summed E-state index contributed by atoms with van der Waals surface area (Å²) in [5, 5.41) is 12.2. The third kappa shape index (κ3) is 3.86. The number of nitrogens with zero attached hydrogens (tertiary/aromatic N) is 2. The fraction of sp³-hybridized carbons (Fsp3) is 0.143. The maximum Gasteiger partial charge on any atom is 0.294 e. The number of ketones is 1. The molecule has 0 aliphatic carbocycles. The molecule has 0 fully saturated rings. The summed E-state index contributed by atoms with van der Waals surface area (Å²) in [7, 11) is 3.87. The number of Topliss-reactive ketones (excluding diaryl/α,β-unsaturated/α-hetero) is 1. The molecule has 0 radical (unpaired) electrons. The van der Waals surface area contributed by atoms with E-state index in [0.29, 0.717) is 27.2 Å². The van der Waals surface area contributed by atoms with Gasteiger partial charge in [0.25, 0.3) is 5.91 Å². The van der Waals surface area contributed by atoms with Crippen molar-refractivity contribution in [3.63, 3.8) is 0 Å². The number of halogens is 1. The molecule has 176 valence electrons. The van der Waals surface area contributed by atoms with Crippen LogP contribution in [0, 0.1) is 6.92 Å². The van der Waals surface area contributed by atoms with Gasteiger partial charge in [-0.15, -0.1) is 0 Å². The maximum absolute atomic E-state index is 13.7. The first-order valence-electron chi connectivity index (χ1n) is 11.1. The van der Waals surface area contributed by atoms with E-state index in [4.69, 9.17) is 16.0 Å². The van der Waals surface area contributed by atoms with Crippen LogP contribution in [-0.2, 0) is 4.79 Å². The van der Waals surface area contributed by atoms with Crippen molar-refractivity contribution >= 4 is 45.6 Å². The number of amides is 1. The van der Waals surface area contributed by atoms with Crippen LogP contribution >= 0.6 is 11.6 Å². The molecule has 0 bridgehead atoms. The topological polar surface area (TPSA) is 74.0 Å². The van der Waals surface area contributed by atoms with Gasteiger partial charge in [0, 0.05) is 35.9 Å². The van der Waals surface area contributed by atoms with Crippen LogP contribution in [0.2, 0.25) is 5.02 Å². The molecule has 1 aliphatic heterocycles. The Hall–Kier alpha value is -4.03. The number of aliphatic hydroxyl groups is 1. The van der Waals surface area contributed by atoms with Crippen LogP contribution in [-0.4, -0.2) is 30.9 Å². The molecule has 1 N–H and O–H groups in total. The van der Waals surface area contributed by atoms with Gasteiger partial charge in [-0.2, -0.15) is 0 Å². The minimum absolute atomic E-state index is 0.0261. The average Bonchev–Trinajstić information content (AvgIpc) is 3.37. The Kier molecular flexibility index (Phi) is 5.61. The van der Waals surface area contributed by atoms with Crippen LogP contribution < -0.4 is 9.80 Å². The van der Waals surface area contributed by atoms with E-state index in [1.54, 1.807) is 30.3 Å². The van der Waals surface area contributed by atoms with E-state index in [-0.39, 0.29) is 11.3 Å². The molecular weight excluding hydrogens is 464 g/mol. The summed E-state index contributed by atoms with van der Waals surface area (Å²) >= 11 is 6.09. The fourth-order valence-electron chi connectivity index (χ4n) is 4.45. The van der Waals surface area contributed by atoms with Gasteiger partial charge in [0.05, 0.1) is 11.6 Å². The van der Waals surface area contributed by atoms with Crippen molar-refractivity contribution in [1.29, 1.82) is 0 Å². The molecule has 7 heteroatoms. The zero-order valence-electron chi connectivity index (χ0n) is 19.4. The summed E-state index contributed by atoms with van der Waals surface area (Å²) < 4.78 is 5.79. The number of fused-ring (bicyclic) bond motifs is 1. The summed E-state index contributed by atoms with van der Waals surface area (Å²) in [5.74, 6) is -1.75. The normalized spacial score (nSPS) is 15.8. The van der Waals surface area contributed by atoms with E-state index < -0.39 is 23.5 Å². The molecule has 0 spiro atoms. The number of carbonyl (C=O) groups excluding carboxylic acids is 2. The van der Waals surface area contributed by atoms with Crippen molar-refractivity contribution < 1.29 is 19.1 Å². The van der Waals surface area contributed by atoms with Crippen LogP contribution in [0.1, 0.15) is 27.7 Å². The van der Waals surface area contributed by atoms with Gasteiger partial charge < -0.3 is 14.4 Å². The molecule has 6 nitrogen and oxygen atoms in total. The van der Waals surface area contributed by atoms with E-state index in [9.17, 15) is 14.7 Å². The van der Waals surface area contributed by atoms with Gasteiger partial charge >= 0.3 is 0 Å². The Balaban J connectivity index is 1.66. The second-order valence-electron chi connectivity index (χ2n) is 8.73. The Labute approximate surface area is 207 Å². The molecule has 1 unspecified atom stereocenters. The lowest BCUT2D eigenvalue weighted by molar-refractivity contribution is -0.117. The van der Waals surface area contributed by atoms with Crippen LogP contribution in [0.5, 0.6) is 0 Å². The highest BCUT2D eigenvalue weighted by molar-refractivity contribution is 6.31. The van der Waals surface area contributed by atoms with Crippen LogP contribution in [0.3, 0.4) is 0 Å². The quantitative estimate of drug-likeness (QED) is 0.338. The minimum Gasteiger partial charge on any atom is -0.503 e. The van der Waals surface area contributed by atoms with Crippen LogP contribution in [0.4, 0.5) is 11.4 Å². The molecule has 1 amide bonds. The van der Waals surface area contributed by atoms with Gasteiger partial charge in [0.2, 0.25) is 5.78 Å². The van der Waals surface area contributed by atoms with Gasteiger partial charge in [-0.25, -0.2) is 0 Å². The van der Waals surface area contributed by atoms with Crippen molar-refractivity contribution in [1.82, 2.24) is 0 Å². The SMILES string of the molecule is Cc1ccccc1N1C(=O)C(O)=C(C(=O)c2cc3cc(Cl)ccc3o2)C1c1ccc(N(C)C)cc1. The Bertz CT molecular complexity index is 1500. The Morgan fingerprint density at radius 1 is 1.03 bits per heavy atom. The monoisotopic (exact) mass is 486 g/mol. The van der Waals surface area contributed by atoms with Crippen molar-refractivity contribution in [2.75, 3.05) is 23.9 Å². The van der Waals surface area contributed by atoms with Crippen LogP contribution in [0.15, 0.2) is 88.5 Å². The highest BCUT2D eigenvalue weighted by Gasteiger charge is 2.45. The molecule has 5 rings (SSSR count). The van der Waals surface area contributed by atoms with Gasteiger partial charge in [0.1, 0.15) is 5.58 Å². The molecule has 1 atom stereocenters. The highest BCUT2D eigenvalue weighted by atomic mass is 35.5. The van der Waals surface area contributed by atoms with E-state index in [1.807, 2.05) is 68.4 Å². The second kappa shape index (κ2) is 8.64. The lowest BCUT2D eigenvalue weighted by atomic mass is 9.94. The molecule has 0 saturated heterocycles. The smallest absolute Gasteiger partial charge is 0.294 e. The summed E-state index contributed by atoms with van der Waals surface area (Å²) in [6.45, 7) is 1.88. The van der Waals surface area contributed by atoms with Crippen molar-refractivity contribution in [3.8, 4) is 0 Å². The molecule has 2 heterocycles. The number of para-hydroxylation sites is 1. The Morgan fingerprint density at radius 3 is 2.43 bits per heavy atom. The van der Waals surface area contributed by atoms with E-state index >= 15 is 0 Å². The molecule has 0 saturated carbocycles. The lowest BCUT2D eigenvalue weighted by Crippen LogP contribution is -2.31. The third-order valence-electron chi connectivity index (χ3n) is 6.26. The summed E-state index contributed by atoms with van der Waals surface area (Å²) in [6, 6.07) is 20.7. The lowest BCUT2D eigenvalue weighted by Gasteiger charge is -2.28. The Morgan fingerprint density at radius 2 is 1.74 bits per heavy atom. The van der Waals surface area contributed by atoms with E-state index in [1.165, 1.54) is 4.90 Å². The predicted molar refractivity (Wildman–Crippen MR) is 137 cm³/mol. The number of benzene rings is 3. The van der Waals surface area contributed by atoms with Crippen molar-refractivity contribution in [3.05, 3.63) is 106 Å². The van der Waals surface area contributed by atoms with Crippen molar-refractivity contribution in [2.45, 2.75) is 13.0 Å². The van der Waals surface area contributed by atoms with E-state index in [2.05, 4.69) is 0 Å².